The number of hydrogen-bond acceptors (Lipinski definition) is 11. The summed E-state index contributed by atoms with van der Waals surface area (Å²) in [5, 5.41) is 24.7. The van der Waals surface area contributed by atoms with Gasteiger partial charge in [0, 0.05) is 44.8 Å². The number of aromatic nitrogens is 3. The van der Waals surface area contributed by atoms with Gasteiger partial charge >= 0.3 is 0 Å². The summed E-state index contributed by atoms with van der Waals surface area (Å²) in [4.78, 5) is 52.1. The number of anilines is 2. The van der Waals surface area contributed by atoms with Crippen LogP contribution in [0.2, 0.25) is 0 Å². The van der Waals surface area contributed by atoms with Crippen LogP contribution in [0, 0.1) is 12.3 Å². The van der Waals surface area contributed by atoms with E-state index in [0.29, 0.717) is 69.2 Å². The summed E-state index contributed by atoms with van der Waals surface area (Å²) in [5.74, 6) is -0.274. The van der Waals surface area contributed by atoms with E-state index in [1.165, 1.54) is 0 Å². The number of aromatic hydroxyl groups is 1. The zero-order valence-corrected chi connectivity index (χ0v) is 30.9. The first-order valence-electron chi connectivity index (χ1n) is 17.6. The molecule has 2 aromatic carbocycles. The first-order chi connectivity index (χ1) is 24.9. The number of nitrogens with zero attached hydrogens (tertiary/aromatic N) is 6. The first-order valence-corrected chi connectivity index (χ1v) is 18.5. The third kappa shape index (κ3) is 8.34. The molecule has 2 aliphatic heterocycles. The van der Waals surface area contributed by atoms with Crippen molar-refractivity contribution < 1.29 is 19.5 Å². The van der Waals surface area contributed by atoms with Gasteiger partial charge < -0.3 is 31.3 Å². The maximum atomic E-state index is 14.0. The number of phenolic OH excluding ortho intramolecular Hbond substituents is 1. The number of piperazine rings is 1. The molecule has 2 atom stereocenters. The van der Waals surface area contributed by atoms with Gasteiger partial charge in [0.2, 0.25) is 17.7 Å². The van der Waals surface area contributed by atoms with Crippen LogP contribution in [0.15, 0.2) is 60.1 Å². The van der Waals surface area contributed by atoms with Gasteiger partial charge in [0.05, 0.1) is 34.0 Å². The molecular formula is C38H47N9O4S. The largest absolute Gasteiger partial charge is 0.507 e. The van der Waals surface area contributed by atoms with E-state index in [1.54, 1.807) is 34.4 Å². The minimum absolute atomic E-state index is 0.110. The van der Waals surface area contributed by atoms with E-state index >= 15 is 0 Å². The Morgan fingerprint density at radius 2 is 1.75 bits per heavy atom. The average Bonchev–Trinajstić information content (AvgIpc) is 3.80. The van der Waals surface area contributed by atoms with Crippen LogP contribution in [0.4, 0.5) is 11.5 Å². The monoisotopic (exact) mass is 725 g/mol. The highest BCUT2D eigenvalue weighted by molar-refractivity contribution is 7.13. The summed E-state index contributed by atoms with van der Waals surface area (Å²) in [6.45, 7) is 11.1. The molecular weight excluding hydrogens is 679 g/mol. The van der Waals surface area contributed by atoms with Crippen LogP contribution in [0.3, 0.4) is 0 Å². The van der Waals surface area contributed by atoms with E-state index in [2.05, 4.69) is 30.7 Å². The average molecular weight is 726 g/mol. The van der Waals surface area contributed by atoms with Crippen molar-refractivity contribution in [3.63, 3.8) is 0 Å². The van der Waals surface area contributed by atoms with Crippen LogP contribution in [-0.4, -0.2) is 99.2 Å². The lowest BCUT2D eigenvalue weighted by Crippen LogP contribution is -2.59. The van der Waals surface area contributed by atoms with Crippen LogP contribution in [0.25, 0.3) is 21.7 Å². The van der Waals surface area contributed by atoms with Gasteiger partial charge in [0.15, 0.2) is 5.82 Å². The molecule has 2 fully saturated rings. The number of hydrogen-bond donors (Lipinski definition) is 4. The molecule has 0 radical (unpaired) electrons. The number of carbonyl (C=O) groups excluding carboxylic acids is 3. The minimum Gasteiger partial charge on any atom is -0.507 e. The number of amides is 3. The van der Waals surface area contributed by atoms with Gasteiger partial charge in [0.1, 0.15) is 17.8 Å². The number of aryl methyl sites for hydroxylation is 1. The number of nitrogen functional groups attached to an aromatic ring is 1. The molecule has 4 aromatic rings. The van der Waals surface area contributed by atoms with Crippen molar-refractivity contribution in [2.75, 3.05) is 49.9 Å². The van der Waals surface area contributed by atoms with E-state index < -0.39 is 17.5 Å². The van der Waals surface area contributed by atoms with Gasteiger partial charge in [-0.15, -0.1) is 21.5 Å². The van der Waals surface area contributed by atoms with Gasteiger partial charge in [-0.2, -0.15) is 0 Å². The zero-order chi connectivity index (χ0) is 37.0. The summed E-state index contributed by atoms with van der Waals surface area (Å²) in [7, 11) is 0. The summed E-state index contributed by atoms with van der Waals surface area (Å²) < 4.78 is 0. The van der Waals surface area contributed by atoms with Crippen LogP contribution in [0.5, 0.6) is 5.75 Å². The lowest BCUT2D eigenvalue weighted by molar-refractivity contribution is -0.144. The number of phenols is 1. The van der Waals surface area contributed by atoms with E-state index in [-0.39, 0.29) is 30.0 Å². The predicted octanol–water partition coefficient (Wildman–Crippen LogP) is 3.82. The van der Waals surface area contributed by atoms with E-state index in [9.17, 15) is 19.5 Å². The van der Waals surface area contributed by atoms with Crippen LogP contribution in [0.1, 0.15) is 44.9 Å². The van der Waals surface area contributed by atoms with Crippen molar-refractivity contribution in [3.05, 3.63) is 71.4 Å². The smallest absolute Gasteiger partial charge is 0.246 e. The summed E-state index contributed by atoms with van der Waals surface area (Å²) in [6, 6.07) is 15.4. The molecule has 0 bridgehead atoms. The topological polar surface area (TPSA) is 170 Å². The van der Waals surface area contributed by atoms with E-state index in [0.717, 1.165) is 27.4 Å². The van der Waals surface area contributed by atoms with E-state index in [4.69, 9.17) is 5.73 Å². The molecule has 52 heavy (non-hydrogen) atoms. The molecule has 0 spiro atoms. The van der Waals surface area contributed by atoms with Crippen molar-refractivity contribution in [3.8, 4) is 27.4 Å². The Morgan fingerprint density at radius 3 is 2.42 bits per heavy atom. The molecule has 14 heteroatoms. The molecule has 0 aliphatic carbocycles. The van der Waals surface area contributed by atoms with Gasteiger partial charge in [0.25, 0.3) is 0 Å². The molecule has 2 saturated heterocycles. The summed E-state index contributed by atoms with van der Waals surface area (Å²) >= 11 is 1.60. The van der Waals surface area contributed by atoms with Gasteiger partial charge in [-0.05, 0) is 54.5 Å². The second-order valence-corrected chi connectivity index (χ2v) is 15.4. The van der Waals surface area contributed by atoms with Crippen LogP contribution < -0.4 is 21.3 Å². The molecule has 6 rings (SSSR count). The number of likely N-dealkylation sites (tertiary alicyclic amines) is 1. The predicted molar refractivity (Wildman–Crippen MR) is 202 cm³/mol. The van der Waals surface area contributed by atoms with Crippen LogP contribution >= 0.6 is 11.3 Å². The fraction of sp³-hybridized carbons (Fsp3) is 0.421. The van der Waals surface area contributed by atoms with Crippen molar-refractivity contribution in [2.24, 2.45) is 5.41 Å². The molecule has 274 valence electrons. The number of benzene rings is 2. The highest BCUT2D eigenvalue weighted by Gasteiger charge is 2.42. The SMILES string of the molecule is Cc1ncsc1-c1ccc(CNC(=O)[C@@H]2CCCN2C(=O)[C@@H](NC(=O)CN2CCN(c3cc(-c4ccccc4O)nnc3N)CC2)C(C)(C)C)cc1. The number of nitrogens with one attached hydrogen (secondary N) is 2. The quantitative estimate of drug-likeness (QED) is 0.189. The minimum atomic E-state index is -0.798. The van der Waals surface area contributed by atoms with Gasteiger partial charge in [-0.25, -0.2) is 4.98 Å². The molecule has 5 N–H and O–H groups in total. The van der Waals surface area contributed by atoms with Crippen LogP contribution in [-0.2, 0) is 20.9 Å². The second-order valence-electron chi connectivity index (χ2n) is 14.5. The number of thiazole rings is 1. The van der Waals surface area contributed by atoms with Crippen molar-refractivity contribution >= 4 is 40.6 Å². The maximum Gasteiger partial charge on any atom is 0.246 e. The second kappa shape index (κ2) is 15.7. The zero-order valence-electron chi connectivity index (χ0n) is 30.1. The van der Waals surface area contributed by atoms with Gasteiger partial charge in [-0.1, -0.05) is 57.2 Å². The first kappa shape index (κ1) is 36.7. The lowest BCUT2D eigenvalue weighted by atomic mass is 9.85. The highest BCUT2D eigenvalue weighted by atomic mass is 32.1. The molecule has 2 aliphatic rings. The molecule has 0 saturated carbocycles. The number of nitrogens with two attached hydrogens (primary N) is 1. The normalized spacial score (nSPS) is 17.2. The van der Waals surface area contributed by atoms with Crippen molar-refractivity contribution in [1.29, 1.82) is 0 Å². The number of para-hydroxylation sites is 1. The molecule has 3 amide bonds. The Morgan fingerprint density at radius 1 is 1.02 bits per heavy atom. The molecule has 4 heterocycles. The Kier molecular flexibility index (Phi) is 11.1. The molecule has 13 nitrogen and oxygen atoms in total. The fourth-order valence-corrected chi connectivity index (χ4v) is 7.61. The molecule has 2 aromatic heterocycles. The number of rotatable bonds is 10. The Hall–Kier alpha value is -5.08. The third-order valence-electron chi connectivity index (χ3n) is 9.75. The lowest BCUT2D eigenvalue weighted by Gasteiger charge is -2.37. The Labute approximate surface area is 308 Å². The number of carbonyl (C=O) groups is 3. The van der Waals surface area contributed by atoms with Gasteiger partial charge in [-0.3, -0.25) is 19.3 Å². The maximum absolute atomic E-state index is 14.0. The Bertz CT molecular complexity index is 1900. The molecule has 0 unspecified atom stereocenters. The van der Waals surface area contributed by atoms with E-state index in [1.807, 2.05) is 74.5 Å². The highest BCUT2D eigenvalue weighted by Crippen LogP contribution is 2.32. The Balaban J connectivity index is 1.02. The standard InChI is InChI=1S/C38H47N9O4S/c1-24-33(52-23-41-24)26-13-11-25(12-14-26)21-40-36(50)29-9-7-15-47(29)37(51)34(38(2,3)4)42-32(49)22-45-16-18-46(19-17-45)30-20-28(43-44-35(30)39)27-8-5-6-10-31(27)48/h5-6,8,10-14,20,23,29,34,48H,7,9,15-19,21-22H2,1-4H3,(H2,39,44)(H,40,50)(H,42,49)/t29-,34+/m0/s1. The third-order valence-corrected chi connectivity index (χ3v) is 10.7. The summed E-state index contributed by atoms with van der Waals surface area (Å²) in [6.07, 6.45) is 1.29. The summed E-state index contributed by atoms with van der Waals surface area (Å²) in [5.41, 5.74) is 12.3. The fourth-order valence-electron chi connectivity index (χ4n) is 6.80. The van der Waals surface area contributed by atoms with Crippen molar-refractivity contribution in [2.45, 2.75) is 59.2 Å². The van der Waals surface area contributed by atoms with Crippen molar-refractivity contribution in [1.82, 2.24) is 35.6 Å².